The third-order valence-electron chi connectivity index (χ3n) is 4.69. The number of benzene rings is 2. The lowest BCUT2D eigenvalue weighted by molar-refractivity contribution is 0.646. The molecule has 3 aromatic rings. The van der Waals surface area contributed by atoms with Crippen molar-refractivity contribution in [3.8, 4) is 11.3 Å². The number of fused-ring (bicyclic) bond motifs is 1. The third kappa shape index (κ3) is 3.14. The zero-order valence-electron chi connectivity index (χ0n) is 14.6. The summed E-state index contributed by atoms with van der Waals surface area (Å²) in [5, 5.41) is 1.30. The Morgan fingerprint density at radius 1 is 0.870 bits per heavy atom. The monoisotopic (exact) mass is 303 g/mol. The molecule has 0 saturated carbocycles. The van der Waals surface area contributed by atoms with E-state index in [9.17, 15) is 0 Å². The average molecular weight is 303 g/mol. The summed E-state index contributed by atoms with van der Waals surface area (Å²) >= 11 is 0. The van der Waals surface area contributed by atoms with Gasteiger partial charge in [0.1, 0.15) is 0 Å². The Kier molecular flexibility index (Phi) is 4.47. The van der Waals surface area contributed by atoms with Crippen LogP contribution < -0.4 is 0 Å². The number of para-hydroxylation sites is 1. The lowest BCUT2D eigenvalue weighted by atomic mass is 9.89. The molecule has 0 aliphatic rings. The molecule has 23 heavy (non-hydrogen) atoms. The van der Waals surface area contributed by atoms with E-state index < -0.39 is 0 Å². The molecule has 0 aliphatic carbocycles. The zero-order valence-corrected chi connectivity index (χ0v) is 14.6. The Morgan fingerprint density at radius 2 is 1.52 bits per heavy atom. The van der Waals surface area contributed by atoms with Crippen molar-refractivity contribution in [1.29, 1.82) is 0 Å². The van der Waals surface area contributed by atoms with Gasteiger partial charge in [-0.25, -0.2) is 4.98 Å². The van der Waals surface area contributed by atoms with Crippen molar-refractivity contribution in [3.63, 3.8) is 0 Å². The molecule has 1 heteroatoms. The maximum atomic E-state index is 4.94. The van der Waals surface area contributed by atoms with E-state index in [1.807, 2.05) is 0 Å². The van der Waals surface area contributed by atoms with Gasteiger partial charge in [-0.2, -0.15) is 0 Å². The number of hydrogen-bond acceptors (Lipinski definition) is 1. The minimum Gasteiger partial charge on any atom is -0.248 e. The number of aryl methyl sites for hydroxylation is 2. The molecule has 0 radical (unpaired) electrons. The molecule has 0 unspecified atom stereocenters. The number of nitrogens with zero attached hydrogens (tertiary/aromatic N) is 1. The first kappa shape index (κ1) is 15.7. The molecular weight excluding hydrogens is 278 g/mol. The number of pyridine rings is 1. The molecule has 1 nitrogen and oxygen atoms in total. The minimum atomic E-state index is 0.590. The van der Waals surface area contributed by atoms with Crippen LogP contribution in [0.15, 0.2) is 48.5 Å². The normalized spacial score (nSPS) is 11.3. The maximum Gasteiger partial charge on any atom is 0.0712 e. The smallest absolute Gasteiger partial charge is 0.0712 e. The molecule has 1 aromatic heterocycles. The lowest BCUT2D eigenvalue weighted by Crippen LogP contribution is -1.99. The number of aromatic nitrogens is 1. The topological polar surface area (TPSA) is 12.9 Å². The van der Waals surface area contributed by atoms with Gasteiger partial charge in [0.15, 0.2) is 0 Å². The molecule has 0 fully saturated rings. The SMILES string of the molecule is CCC(CC)c1cc(-c2cc(C)cc(C)c2)nc2ccccc12. The lowest BCUT2D eigenvalue weighted by Gasteiger charge is -2.17. The van der Waals surface area contributed by atoms with E-state index >= 15 is 0 Å². The van der Waals surface area contributed by atoms with Gasteiger partial charge in [-0.05, 0) is 62.4 Å². The quantitative estimate of drug-likeness (QED) is 0.541. The van der Waals surface area contributed by atoms with E-state index in [1.165, 1.54) is 27.6 Å². The summed E-state index contributed by atoms with van der Waals surface area (Å²) in [6.07, 6.45) is 2.33. The highest BCUT2D eigenvalue weighted by atomic mass is 14.7. The van der Waals surface area contributed by atoms with Crippen molar-refractivity contribution in [2.45, 2.75) is 46.5 Å². The fourth-order valence-corrected chi connectivity index (χ4v) is 3.54. The second kappa shape index (κ2) is 6.54. The average Bonchev–Trinajstić information content (AvgIpc) is 2.55. The van der Waals surface area contributed by atoms with E-state index in [0.717, 1.165) is 24.1 Å². The van der Waals surface area contributed by atoms with Crippen LogP contribution in [0.3, 0.4) is 0 Å². The Hall–Kier alpha value is -2.15. The molecule has 0 atom stereocenters. The Balaban J connectivity index is 2.26. The van der Waals surface area contributed by atoms with Crippen molar-refractivity contribution >= 4 is 10.9 Å². The molecule has 0 bridgehead atoms. The summed E-state index contributed by atoms with van der Waals surface area (Å²) in [4.78, 5) is 4.94. The van der Waals surface area contributed by atoms with Crippen LogP contribution in [0, 0.1) is 13.8 Å². The van der Waals surface area contributed by atoms with Crippen molar-refractivity contribution in [2.24, 2.45) is 0 Å². The van der Waals surface area contributed by atoms with Crippen molar-refractivity contribution in [1.82, 2.24) is 4.98 Å². The fourth-order valence-electron chi connectivity index (χ4n) is 3.54. The van der Waals surface area contributed by atoms with Gasteiger partial charge >= 0.3 is 0 Å². The summed E-state index contributed by atoms with van der Waals surface area (Å²) in [5.74, 6) is 0.590. The molecule has 0 amide bonds. The van der Waals surface area contributed by atoms with Crippen molar-refractivity contribution in [3.05, 3.63) is 65.2 Å². The van der Waals surface area contributed by atoms with E-state index in [-0.39, 0.29) is 0 Å². The van der Waals surface area contributed by atoms with Gasteiger partial charge in [-0.15, -0.1) is 0 Å². The predicted octanol–water partition coefficient (Wildman–Crippen LogP) is 6.42. The van der Waals surface area contributed by atoms with Crippen molar-refractivity contribution in [2.75, 3.05) is 0 Å². The van der Waals surface area contributed by atoms with Crippen LogP contribution in [0.2, 0.25) is 0 Å². The van der Waals surface area contributed by atoms with Crippen LogP contribution in [0.1, 0.15) is 49.3 Å². The molecule has 0 spiro atoms. The van der Waals surface area contributed by atoms with Crippen LogP contribution >= 0.6 is 0 Å². The highest BCUT2D eigenvalue weighted by Gasteiger charge is 2.14. The first-order valence-corrected chi connectivity index (χ1v) is 8.60. The second-order valence-electron chi connectivity index (χ2n) is 6.50. The van der Waals surface area contributed by atoms with Gasteiger partial charge in [0, 0.05) is 10.9 Å². The molecule has 0 N–H and O–H groups in total. The Bertz CT molecular complexity index is 808. The summed E-state index contributed by atoms with van der Waals surface area (Å²) in [6.45, 7) is 8.86. The van der Waals surface area contributed by atoms with Crippen LogP contribution in [0.25, 0.3) is 22.2 Å². The third-order valence-corrected chi connectivity index (χ3v) is 4.69. The summed E-state index contributed by atoms with van der Waals surface area (Å²) in [5.41, 5.74) is 7.44. The highest BCUT2D eigenvalue weighted by Crippen LogP contribution is 2.33. The summed E-state index contributed by atoms with van der Waals surface area (Å²) in [6, 6.07) is 17.5. The van der Waals surface area contributed by atoms with E-state index in [4.69, 9.17) is 4.98 Å². The van der Waals surface area contributed by atoms with Gasteiger partial charge in [0.05, 0.1) is 11.2 Å². The predicted molar refractivity (Wildman–Crippen MR) is 100.0 cm³/mol. The van der Waals surface area contributed by atoms with Crippen LogP contribution in [0.5, 0.6) is 0 Å². The van der Waals surface area contributed by atoms with Crippen LogP contribution in [-0.2, 0) is 0 Å². The van der Waals surface area contributed by atoms with Gasteiger partial charge in [-0.1, -0.05) is 49.2 Å². The Morgan fingerprint density at radius 3 is 2.17 bits per heavy atom. The molecule has 118 valence electrons. The number of hydrogen-bond donors (Lipinski definition) is 0. The molecule has 1 heterocycles. The van der Waals surface area contributed by atoms with Gasteiger partial charge < -0.3 is 0 Å². The molecule has 3 rings (SSSR count). The molecule has 2 aromatic carbocycles. The molecule has 0 saturated heterocycles. The Labute approximate surface area is 139 Å². The largest absolute Gasteiger partial charge is 0.248 e. The highest BCUT2D eigenvalue weighted by molar-refractivity contribution is 5.85. The van der Waals surface area contributed by atoms with E-state index in [0.29, 0.717) is 5.92 Å². The van der Waals surface area contributed by atoms with Gasteiger partial charge in [-0.3, -0.25) is 0 Å². The zero-order chi connectivity index (χ0) is 16.4. The second-order valence-corrected chi connectivity index (χ2v) is 6.50. The minimum absolute atomic E-state index is 0.590. The first-order chi connectivity index (χ1) is 11.1. The standard InChI is InChI=1S/C22H25N/c1-5-17(6-2)20-14-22(18-12-15(3)11-16(4)13-18)23-21-10-8-7-9-19(20)21/h7-14,17H,5-6H2,1-4H3. The van der Waals surface area contributed by atoms with E-state index in [1.54, 1.807) is 0 Å². The van der Waals surface area contributed by atoms with Crippen molar-refractivity contribution < 1.29 is 0 Å². The van der Waals surface area contributed by atoms with Crippen LogP contribution in [-0.4, -0.2) is 4.98 Å². The summed E-state index contributed by atoms with van der Waals surface area (Å²) < 4.78 is 0. The number of rotatable bonds is 4. The van der Waals surface area contributed by atoms with Gasteiger partial charge in [0.2, 0.25) is 0 Å². The molecular formula is C22H25N. The molecule has 0 aliphatic heterocycles. The van der Waals surface area contributed by atoms with E-state index in [2.05, 4.69) is 76.2 Å². The van der Waals surface area contributed by atoms with Gasteiger partial charge in [0.25, 0.3) is 0 Å². The summed E-state index contributed by atoms with van der Waals surface area (Å²) in [7, 11) is 0. The fraction of sp³-hybridized carbons (Fsp3) is 0.318. The first-order valence-electron chi connectivity index (χ1n) is 8.60. The maximum absolute atomic E-state index is 4.94. The van der Waals surface area contributed by atoms with Crippen LogP contribution in [0.4, 0.5) is 0 Å².